The Balaban J connectivity index is 1.97. The summed E-state index contributed by atoms with van der Waals surface area (Å²) < 4.78 is 1.72. The van der Waals surface area contributed by atoms with E-state index in [1.807, 2.05) is 37.3 Å². The van der Waals surface area contributed by atoms with Gasteiger partial charge in [-0.25, -0.2) is 9.67 Å². The molecule has 0 saturated carbocycles. The van der Waals surface area contributed by atoms with Crippen molar-refractivity contribution in [2.75, 3.05) is 5.32 Å². The topological polar surface area (TPSA) is 129 Å². The number of nitrogens with two attached hydrogens (primary N) is 1. The Morgan fingerprint density at radius 3 is 2.64 bits per heavy atom. The van der Waals surface area contributed by atoms with Crippen molar-refractivity contribution in [1.29, 1.82) is 0 Å². The molecule has 1 aromatic carbocycles. The van der Waals surface area contributed by atoms with E-state index in [9.17, 15) is 14.9 Å². The number of nitro groups is 1. The van der Waals surface area contributed by atoms with E-state index in [0.29, 0.717) is 5.69 Å². The molecule has 0 aliphatic carbocycles. The molecular weight excluding hydrogens is 324 g/mol. The second-order valence-electron chi connectivity index (χ2n) is 5.23. The number of anilines is 2. The number of pyridine rings is 1. The average molecular weight is 338 g/mol. The first-order valence-electron chi connectivity index (χ1n) is 7.28. The first kappa shape index (κ1) is 16.1. The number of amides is 1. The fourth-order valence-electron chi connectivity index (χ4n) is 2.33. The van der Waals surface area contributed by atoms with Gasteiger partial charge in [0.05, 0.1) is 33.8 Å². The Hall–Kier alpha value is -3.75. The van der Waals surface area contributed by atoms with Crippen molar-refractivity contribution in [3.05, 3.63) is 70.2 Å². The highest BCUT2D eigenvalue weighted by Gasteiger charge is 2.18. The maximum absolute atomic E-state index is 11.6. The Morgan fingerprint density at radius 1 is 1.28 bits per heavy atom. The van der Waals surface area contributed by atoms with Crippen LogP contribution in [0.5, 0.6) is 0 Å². The summed E-state index contributed by atoms with van der Waals surface area (Å²) in [7, 11) is 0. The van der Waals surface area contributed by atoms with Crippen molar-refractivity contribution >= 4 is 23.1 Å². The molecule has 3 N–H and O–H groups in total. The first-order valence-corrected chi connectivity index (χ1v) is 7.28. The van der Waals surface area contributed by atoms with E-state index in [-0.39, 0.29) is 17.1 Å². The number of nitrogens with one attached hydrogen (secondary N) is 1. The lowest BCUT2D eigenvalue weighted by Crippen LogP contribution is -2.15. The number of para-hydroxylation sites is 1. The van der Waals surface area contributed by atoms with Gasteiger partial charge in [-0.15, -0.1) is 0 Å². The number of carbonyl (C=O) groups excluding carboxylic acids is 1. The maximum Gasteiger partial charge on any atom is 0.288 e. The van der Waals surface area contributed by atoms with Gasteiger partial charge in [-0.1, -0.05) is 18.2 Å². The molecule has 2 heterocycles. The fraction of sp³-hybridized carbons (Fsp3) is 0.0625. The Kier molecular flexibility index (Phi) is 4.12. The number of primary amides is 1. The molecule has 0 aliphatic heterocycles. The normalized spacial score (nSPS) is 10.4. The molecule has 0 bridgehead atoms. The Bertz CT molecular complexity index is 952. The summed E-state index contributed by atoms with van der Waals surface area (Å²) >= 11 is 0. The highest BCUT2D eigenvalue weighted by atomic mass is 16.6. The van der Waals surface area contributed by atoms with Crippen LogP contribution < -0.4 is 11.1 Å². The van der Waals surface area contributed by atoms with Crippen molar-refractivity contribution < 1.29 is 9.72 Å². The monoisotopic (exact) mass is 338 g/mol. The molecule has 0 atom stereocenters. The molecule has 3 rings (SSSR count). The molecule has 0 aliphatic rings. The van der Waals surface area contributed by atoms with Crippen LogP contribution in [0.2, 0.25) is 0 Å². The van der Waals surface area contributed by atoms with E-state index in [0.717, 1.165) is 23.6 Å². The molecule has 0 fully saturated rings. The standard InChI is InChI=1S/C16H14N6O3/c1-10-14(9-19-21(10)11-5-3-2-4-6-11)20-16-13(15(17)23)7-12(8-18-16)22(24)25/h2-9H,1H3,(H2,17,23)(H,18,20). The van der Waals surface area contributed by atoms with Gasteiger partial charge < -0.3 is 11.1 Å². The molecule has 0 unspecified atom stereocenters. The van der Waals surface area contributed by atoms with Crippen LogP contribution in [0, 0.1) is 17.0 Å². The van der Waals surface area contributed by atoms with E-state index < -0.39 is 10.8 Å². The smallest absolute Gasteiger partial charge is 0.288 e. The molecule has 0 radical (unpaired) electrons. The number of benzene rings is 1. The minimum Gasteiger partial charge on any atom is -0.365 e. The van der Waals surface area contributed by atoms with Crippen molar-refractivity contribution in [2.45, 2.75) is 6.92 Å². The highest BCUT2D eigenvalue weighted by molar-refractivity contribution is 5.98. The molecule has 9 nitrogen and oxygen atoms in total. The van der Waals surface area contributed by atoms with Gasteiger partial charge >= 0.3 is 0 Å². The van der Waals surface area contributed by atoms with Crippen molar-refractivity contribution in [3.8, 4) is 5.69 Å². The summed E-state index contributed by atoms with van der Waals surface area (Å²) in [6.45, 7) is 1.84. The third kappa shape index (κ3) is 3.15. The SMILES string of the molecule is Cc1c(Nc2ncc([N+](=O)[O-])cc2C(N)=O)cnn1-c1ccccc1. The lowest BCUT2D eigenvalue weighted by atomic mass is 10.2. The van der Waals surface area contributed by atoms with Crippen LogP contribution in [-0.4, -0.2) is 25.6 Å². The van der Waals surface area contributed by atoms with Gasteiger partial charge in [-0.3, -0.25) is 14.9 Å². The van der Waals surface area contributed by atoms with Crippen LogP contribution in [0.4, 0.5) is 17.2 Å². The summed E-state index contributed by atoms with van der Waals surface area (Å²) in [6.07, 6.45) is 2.64. The van der Waals surface area contributed by atoms with Crippen LogP contribution >= 0.6 is 0 Å². The predicted octanol–water partition coefficient (Wildman–Crippen LogP) is 2.33. The molecule has 25 heavy (non-hydrogen) atoms. The van der Waals surface area contributed by atoms with Gasteiger partial charge in [0, 0.05) is 6.07 Å². The summed E-state index contributed by atoms with van der Waals surface area (Å²) in [4.78, 5) is 25.7. The second kappa shape index (κ2) is 6.40. The van der Waals surface area contributed by atoms with E-state index in [4.69, 9.17) is 5.73 Å². The molecular formula is C16H14N6O3. The van der Waals surface area contributed by atoms with Crippen molar-refractivity contribution in [3.63, 3.8) is 0 Å². The van der Waals surface area contributed by atoms with Gasteiger partial charge in [0.2, 0.25) is 0 Å². The van der Waals surface area contributed by atoms with E-state index >= 15 is 0 Å². The van der Waals surface area contributed by atoms with Gasteiger partial charge in [-0.2, -0.15) is 5.10 Å². The van der Waals surface area contributed by atoms with Gasteiger partial charge in [0.15, 0.2) is 0 Å². The lowest BCUT2D eigenvalue weighted by Gasteiger charge is -2.09. The molecule has 3 aromatic rings. The van der Waals surface area contributed by atoms with Crippen molar-refractivity contribution in [1.82, 2.24) is 14.8 Å². The third-order valence-electron chi connectivity index (χ3n) is 3.61. The maximum atomic E-state index is 11.6. The number of hydrogen-bond donors (Lipinski definition) is 2. The zero-order valence-electron chi connectivity index (χ0n) is 13.2. The highest BCUT2D eigenvalue weighted by Crippen LogP contribution is 2.25. The van der Waals surface area contributed by atoms with Crippen LogP contribution in [0.3, 0.4) is 0 Å². The molecule has 9 heteroatoms. The summed E-state index contributed by atoms with van der Waals surface area (Å²) in [5, 5.41) is 18.1. The first-order chi connectivity index (χ1) is 12.0. The summed E-state index contributed by atoms with van der Waals surface area (Å²) in [6, 6.07) is 10.6. The van der Waals surface area contributed by atoms with Crippen LogP contribution in [0.25, 0.3) is 5.69 Å². The molecule has 0 spiro atoms. The minimum atomic E-state index is -0.813. The predicted molar refractivity (Wildman–Crippen MR) is 91.0 cm³/mol. The second-order valence-corrected chi connectivity index (χ2v) is 5.23. The number of carbonyl (C=O) groups is 1. The minimum absolute atomic E-state index is 0.0685. The third-order valence-corrected chi connectivity index (χ3v) is 3.61. The van der Waals surface area contributed by atoms with Gasteiger partial charge in [0.1, 0.15) is 12.0 Å². The number of nitrogens with zero attached hydrogens (tertiary/aromatic N) is 4. The summed E-state index contributed by atoms with van der Waals surface area (Å²) in [5.41, 5.74) is 7.19. The van der Waals surface area contributed by atoms with Crippen LogP contribution in [-0.2, 0) is 0 Å². The fourth-order valence-corrected chi connectivity index (χ4v) is 2.33. The Morgan fingerprint density at radius 2 is 2.00 bits per heavy atom. The number of rotatable bonds is 5. The molecule has 2 aromatic heterocycles. The lowest BCUT2D eigenvalue weighted by molar-refractivity contribution is -0.385. The zero-order valence-corrected chi connectivity index (χ0v) is 13.2. The summed E-state index contributed by atoms with van der Waals surface area (Å²) in [5.74, 6) is -0.680. The van der Waals surface area contributed by atoms with Crippen LogP contribution in [0.15, 0.2) is 48.8 Å². The van der Waals surface area contributed by atoms with Gasteiger partial charge in [0.25, 0.3) is 11.6 Å². The van der Waals surface area contributed by atoms with E-state index in [1.54, 1.807) is 10.9 Å². The van der Waals surface area contributed by atoms with E-state index in [1.165, 1.54) is 0 Å². The van der Waals surface area contributed by atoms with Gasteiger partial charge in [-0.05, 0) is 19.1 Å². The number of hydrogen-bond acceptors (Lipinski definition) is 6. The Labute approximate surface area is 142 Å². The van der Waals surface area contributed by atoms with Crippen LogP contribution in [0.1, 0.15) is 16.1 Å². The van der Waals surface area contributed by atoms with E-state index in [2.05, 4.69) is 15.4 Å². The molecule has 0 saturated heterocycles. The largest absolute Gasteiger partial charge is 0.365 e. The number of aromatic nitrogens is 3. The molecule has 126 valence electrons. The average Bonchev–Trinajstić information content (AvgIpc) is 2.96. The zero-order chi connectivity index (χ0) is 18.0. The van der Waals surface area contributed by atoms with Crippen molar-refractivity contribution in [2.24, 2.45) is 5.73 Å². The molecule has 1 amide bonds. The quantitative estimate of drug-likeness (QED) is 0.542.